The number of benzene rings is 1. The highest BCUT2D eigenvalue weighted by Crippen LogP contribution is 2.34. The second-order valence-corrected chi connectivity index (χ2v) is 6.80. The van der Waals surface area contributed by atoms with Gasteiger partial charge in [-0.15, -0.1) is 0 Å². The van der Waals surface area contributed by atoms with E-state index >= 15 is 0 Å². The highest BCUT2D eigenvalue weighted by Gasteiger charge is 2.27. The minimum atomic E-state index is -2.49. The molecule has 2 rings (SSSR count). The zero-order valence-electron chi connectivity index (χ0n) is 11.5. The Balaban J connectivity index is 2.74. The lowest BCUT2D eigenvalue weighted by Crippen LogP contribution is -2.15. The highest BCUT2D eigenvalue weighted by atomic mass is 32.2. The molecule has 1 aromatic carbocycles. The first kappa shape index (κ1) is 13.8. The molecule has 1 atom stereocenters. The molecule has 0 bridgehead atoms. The van der Waals surface area contributed by atoms with Crippen molar-refractivity contribution < 1.29 is 13.7 Å². The second kappa shape index (κ2) is 4.81. The fraction of sp³-hybridized carbons (Fsp3) is 0.357. The summed E-state index contributed by atoms with van der Waals surface area (Å²) >= 11 is 0. The topological polar surface area (TPSA) is 55.7 Å². The number of hydrogen-bond acceptors (Lipinski definition) is 4. The summed E-state index contributed by atoms with van der Waals surface area (Å²) in [5.74, 6) is -0.413. The number of ether oxygens (including phenoxy) is 1. The number of hydrogen-bond donors (Lipinski definition) is 0. The average molecular weight is 279 g/mol. The van der Waals surface area contributed by atoms with Gasteiger partial charge in [0.25, 0.3) is 0 Å². The van der Waals surface area contributed by atoms with E-state index in [1.54, 1.807) is 20.1 Å². The van der Waals surface area contributed by atoms with Crippen molar-refractivity contribution in [1.82, 2.24) is 0 Å². The molecule has 102 valence electrons. The predicted octanol–water partition coefficient (Wildman–Crippen LogP) is 2.76. The minimum absolute atomic E-state index is 0.304. The summed E-state index contributed by atoms with van der Waals surface area (Å²) in [4.78, 5) is 12.6. The van der Waals surface area contributed by atoms with Gasteiger partial charge in [-0.1, -0.05) is 12.1 Å². The number of carbonyl (C=O) groups excluding carboxylic acids is 1. The number of esters is 1. The molecule has 1 heterocycles. The maximum Gasteiger partial charge on any atom is 0.340 e. The van der Waals surface area contributed by atoms with Crippen molar-refractivity contribution in [3.8, 4) is 0 Å². The molecule has 0 fully saturated rings. The second-order valence-electron chi connectivity index (χ2n) is 4.57. The van der Waals surface area contributed by atoms with Crippen LogP contribution in [0.1, 0.15) is 25.0 Å². The number of allylic oxidation sites excluding steroid dienone is 1. The van der Waals surface area contributed by atoms with E-state index in [1.807, 2.05) is 25.1 Å². The Morgan fingerprint density at radius 2 is 2.05 bits per heavy atom. The molecular formula is C14H17NO3S. The third-order valence-electron chi connectivity index (χ3n) is 2.97. The number of fused-ring (bicyclic) bond motifs is 1. The lowest BCUT2D eigenvalue weighted by atomic mass is 10.0. The molecule has 1 aromatic rings. The van der Waals surface area contributed by atoms with Crippen LogP contribution in [0.4, 0.5) is 0 Å². The predicted molar refractivity (Wildman–Crippen MR) is 75.2 cm³/mol. The molecule has 0 N–H and O–H groups in total. The first-order chi connectivity index (χ1) is 8.86. The molecule has 5 heteroatoms. The van der Waals surface area contributed by atoms with Crippen LogP contribution in [0.3, 0.4) is 0 Å². The van der Waals surface area contributed by atoms with Crippen LogP contribution in [-0.2, 0) is 19.3 Å². The van der Waals surface area contributed by atoms with Gasteiger partial charge in [0, 0.05) is 11.8 Å². The van der Waals surface area contributed by atoms with Crippen LogP contribution < -0.4 is 0 Å². The van der Waals surface area contributed by atoms with Crippen molar-refractivity contribution in [3.05, 3.63) is 35.0 Å². The summed E-state index contributed by atoms with van der Waals surface area (Å²) in [6, 6.07) is 5.54. The first-order valence-electron chi connectivity index (χ1n) is 6.08. The Hall–Kier alpha value is -1.62. The van der Waals surface area contributed by atoms with Crippen LogP contribution in [0.25, 0.3) is 5.57 Å². The molecule has 0 radical (unpaired) electrons. The average Bonchev–Trinajstić information content (AvgIpc) is 2.29. The Morgan fingerprint density at radius 1 is 1.37 bits per heavy atom. The third-order valence-corrected chi connectivity index (χ3v) is 4.74. The minimum Gasteiger partial charge on any atom is -0.462 e. The maximum absolute atomic E-state index is 12.6. The Bertz CT molecular complexity index is 695. The Labute approximate surface area is 113 Å². The molecule has 19 heavy (non-hydrogen) atoms. The van der Waals surface area contributed by atoms with Gasteiger partial charge in [0.2, 0.25) is 0 Å². The van der Waals surface area contributed by atoms with Crippen LogP contribution in [0.2, 0.25) is 0 Å². The van der Waals surface area contributed by atoms with Crippen molar-refractivity contribution in [3.63, 3.8) is 0 Å². The van der Waals surface area contributed by atoms with Gasteiger partial charge in [0.1, 0.15) is 0 Å². The van der Waals surface area contributed by atoms with Gasteiger partial charge in [-0.2, -0.15) is 4.36 Å². The van der Waals surface area contributed by atoms with Crippen LogP contribution >= 0.6 is 0 Å². The van der Waals surface area contributed by atoms with Gasteiger partial charge in [-0.25, -0.2) is 9.00 Å². The zero-order chi connectivity index (χ0) is 14.2. The van der Waals surface area contributed by atoms with Gasteiger partial charge in [-0.3, -0.25) is 0 Å². The normalized spacial score (nSPS) is 21.7. The molecule has 4 nitrogen and oxygen atoms in total. The molecule has 0 spiro atoms. The van der Waals surface area contributed by atoms with Crippen molar-refractivity contribution in [1.29, 1.82) is 0 Å². The summed E-state index contributed by atoms with van der Waals surface area (Å²) < 4.78 is 21.8. The van der Waals surface area contributed by atoms with Crippen LogP contribution in [-0.4, -0.2) is 23.0 Å². The first-order valence-corrected chi connectivity index (χ1v) is 8.00. The molecule has 1 aliphatic heterocycles. The quantitative estimate of drug-likeness (QED) is 0.782. The lowest BCUT2D eigenvalue weighted by molar-refractivity contribution is -0.136. The molecule has 0 saturated carbocycles. The van der Waals surface area contributed by atoms with E-state index < -0.39 is 15.7 Å². The van der Waals surface area contributed by atoms with Gasteiger partial charge in [-0.05, 0) is 32.4 Å². The van der Waals surface area contributed by atoms with Crippen molar-refractivity contribution in [2.75, 3.05) is 12.9 Å². The summed E-state index contributed by atoms with van der Waals surface area (Å²) in [6.07, 6.45) is 1.59. The molecule has 0 saturated heterocycles. The van der Waals surface area contributed by atoms with E-state index in [0.717, 1.165) is 5.56 Å². The molecule has 0 aromatic heterocycles. The number of nitrogens with zero attached hydrogens (tertiary/aromatic N) is 1. The van der Waals surface area contributed by atoms with E-state index in [0.29, 0.717) is 28.3 Å². The Kier molecular flexibility index (Phi) is 3.49. The van der Waals surface area contributed by atoms with Crippen LogP contribution in [0.5, 0.6) is 0 Å². The highest BCUT2D eigenvalue weighted by molar-refractivity contribution is 7.93. The van der Waals surface area contributed by atoms with Crippen LogP contribution in [0.15, 0.2) is 33.2 Å². The fourth-order valence-electron chi connectivity index (χ4n) is 2.16. The molecular weight excluding hydrogens is 262 g/mol. The summed E-state index contributed by atoms with van der Waals surface area (Å²) in [7, 11) is -2.49. The van der Waals surface area contributed by atoms with E-state index in [2.05, 4.69) is 4.36 Å². The monoisotopic (exact) mass is 279 g/mol. The van der Waals surface area contributed by atoms with E-state index in [-0.39, 0.29) is 0 Å². The molecule has 1 aliphatic rings. The maximum atomic E-state index is 12.6. The molecule has 1 unspecified atom stereocenters. The SMILES string of the molecule is CCOC(=O)C1=C(C)N=S(C)(=O)c2cc(C)ccc21. The van der Waals surface area contributed by atoms with Gasteiger partial charge in [0.15, 0.2) is 0 Å². The summed E-state index contributed by atoms with van der Waals surface area (Å²) in [5, 5.41) is 0. The van der Waals surface area contributed by atoms with Gasteiger partial charge >= 0.3 is 5.97 Å². The lowest BCUT2D eigenvalue weighted by Gasteiger charge is -2.20. The van der Waals surface area contributed by atoms with E-state index in [9.17, 15) is 9.00 Å². The largest absolute Gasteiger partial charge is 0.462 e. The van der Waals surface area contributed by atoms with Crippen molar-refractivity contribution in [2.24, 2.45) is 4.36 Å². The standard InChI is InChI=1S/C14H17NO3S/c1-5-18-14(16)13-10(3)15-19(4,17)12-8-9(2)6-7-11(12)13/h6-8H,5H2,1-4H3. The van der Waals surface area contributed by atoms with Gasteiger partial charge in [0.05, 0.1) is 32.5 Å². The summed E-state index contributed by atoms with van der Waals surface area (Å²) in [5.41, 5.74) is 2.55. The fourth-order valence-corrected chi connectivity index (χ4v) is 3.86. The smallest absolute Gasteiger partial charge is 0.340 e. The molecule has 0 aliphatic carbocycles. The zero-order valence-corrected chi connectivity index (χ0v) is 12.3. The van der Waals surface area contributed by atoms with Gasteiger partial charge < -0.3 is 4.74 Å². The summed E-state index contributed by atoms with van der Waals surface area (Å²) in [6.45, 7) is 5.67. The van der Waals surface area contributed by atoms with Crippen molar-refractivity contribution >= 4 is 21.3 Å². The van der Waals surface area contributed by atoms with Crippen molar-refractivity contribution in [2.45, 2.75) is 25.7 Å². The number of rotatable bonds is 2. The molecule has 0 amide bonds. The number of aryl methyl sites for hydroxylation is 1. The Morgan fingerprint density at radius 3 is 2.68 bits per heavy atom. The van der Waals surface area contributed by atoms with E-state index in [1.165, 1.54) is 0 Å². The number of carbonyl (C=O) groups is 1. The third kappa shape index (κ3) is 2.42. The van der Waals surface area contributed by atoms with E-state index in [4.69, 9.17) is 4.74 Å². The van der Waals surface area contributed by atoms with Crippen LogP contribution in [0, 0.1) is 6.92 Å².